The number of benzene rings is 2. The maximum Gasteiger partial charge on any atom is 0.108 e. The number of fused-ring (bicyclic) bond motifs is 1. The van der Waals surface area contributed by atoms with Crippen molar-refractivity contribution in [3.05, 3.63) is 64.7 Å². The van der Waals surface area contributed by atoms with Gasteiger partial charge in [0.05, 0.1) is 6.54 Å². The smallest absolute Gasteiger partial charge is 0.108 e. The number of aliphatic imine (C=N–C) groups is 1. The molecule has 130 valence electrons. The Kier molecular flexibility index (Phi) is 4.56. The van der Waals surface area contributed by atoms with Crippen molar-refractivity contribution in [3.63, 3.8) is 0 Å². The van der Waals surface area contributed by atoms with Crippen LogP contribution in [0.25, 0.3) is 0 Å². The van der Waals surface area contributed by atoms with Gasteiger partial charge in [-0.3, -0.25) is 4.99 Å². The Morgan fingerprint density at radius 3 is 2.60 bits per heavy atom. The van der Waals surface area contributed by atoms with Gasteiger partial charge in [0.2, 0.25) is 0 Å². The van der Waals surface area contributed by atoms with E-state index in [2.05, 4.69) is 42.6 Å². The van der Waals surface area contributed by atoms with E-state index in [0.29, 0.717) is 6.54 Å². The minimum Gasteiger partial charge on any atom is -0.343 e. The van der Waals surface area contributed by atoms with Crippen LogP contribution >= 0.6 is 11.6 Å². The third-order valence-electron chi connectivity index (χ3n) is 5.90. The van der Waals surface area contributed by atoms with Crippen LogP contribution < -0.4 is 5.32 Å². The predicted molar refractivity (Wildman–Crippen MR) is 106 cm³/mol. The van der Waals surface area contributed by atoms with E-state index in [0.717, 1.165) is 28.8 Å². The number of anilines is 1. The quantitative estimate of drug-likeness (QED) is 0.693. The molecule has 1 fully saturated rings. The van der Waals surface area contributed by atoms with Crippen LogP contribution in [0.15, 0.2) is 53.5 Å². The monoisotopic (exact) mass is 352 g/mol. The average molecular weight is 353 g/mol. The molecule has 0 saturated heterocycles. The maximum atomic E-state index is 6.33. The Balaban J connectivity index is 1.67. The van der Waals surface area contributed by atoms with Crippen LogP contribution in [0.2, 0.25) is 5.02 Å². The first-order valence-electron chi connectivity index (χ1n) is 9.30. The molecule has 1 heterocycles. The van der Waals surface area contributed by atoms with Crippen LogP contribution in [0.3, 0.4) is 0 Å². The molecule has 25 heavy (non-hydrogen) atoms. The standard InChI is InChI=1S/C22H25ClN2/c1-16-10-12-22(13-11-16)14-17-6-3-5-9-20(17)25-21(22)24-15-18-7-2-4-8-19(18)23/h2-9,16H,10-15H2,1H3,(H,24,25). The summed E-state index contributed by atoms with van der Waals surface area (Å²) in [6.07, 6.45) is 6.11. The molecule has 0 atom stereocenters. The zero-order valence-electron chi connectivity index (χ0n) is 14.8. The van der Waals surface area contributed by atoms with E-state index in [-0.39, 0.29) is 5.41 Å². The third-order valence-corrected chi connectivity index (χ3v) is 6.27. The lowest BCUT2D eigenvalue weighted by atomic mass is 9.65. The lowest BCUT2D eigenvalue weighted by molar-refractivity contribution is 0.229. The summed E-state index contributed by atoms with van der Waals surface area (Å²) in [6.45, 7) is 3.01. The summed E-state index contributed by atoms with van der Waals surface area (Å²) in [6, 6.07) is 16.7. The van der Waals surface area contributed by atoms with Crippen molar-refractivity contribution in [1.82, 2.24) is 0 Å². The molecule has 1 N–H and O–H groups in total. The number of halogens is 1. The van der Waals surface area contributed by atoms with Crippen LogP contribution in [-0.2, 0) is 13.0 Å². The zero-order chi connectivity index (χ0) is 17.3. The number of hydrogen-bond donors (Lipinski definition) is 1. The highest BCUT2D eigenvalue weighted by Crippen LogP contribution is 2.46. The number of nitrogens with one attached hydrogen (secondary N) is 1. The minimum absolute atomic E-state index is 0.169. The lowest BCUT2D eigenvalue weighted by Gasteiger charge is -2.44. The molecule has 0 amide bonds. The Morgan fingerprint density at radius 2 is 1.80 bits per heavy atom. The highest BCUT2D eigenvalue weighted by Gasteiger charge is 2.42. The van der Waals surface area contributed by atoms with Crippen LogP contribution in [0.4, 0.5) is 5.69 Å². The minimum atomic E-state index is 0.169. The second-order valence-corrected chi connectivity index (χ2v) is 8.09. The van der Waals surface area contributed by atoms with E-state index in [1.807, 2.05) is 18.2 Å². The third kappa shape index (κ3) is 3.32. The van der Waals surface area contributed by atoms with Gasteiger partial charge in [-0.15, -0.1) is 0 Å². The number of nitrogens with zero attached hydrogens (tertiary/aromatic N) is 1. The Bertz CT molecular complexity index is 788. The summed E-state index contributed by atoms with van der Waals surface area (Å²) in [5.74, 6) is 1.99. The van der Waals surface area contributed by atoms with Gasteiger partial charge in [-0.1, -0.05) is 54.9 Å². The first-order valence-corrected chi connectivity index (χ1v) is 9.67. The fourth-order valence-electron chi connectivity index (χ4n) is 4.23. The number of hydrogen-bond acceptors (Lipinski definition) is 1. The summed E-state index contributed by atoms with van der Waals surface area (Å²) in [7, 11) is 0. The van der Waals surface area contributed by atoms with Crippen molar-refractivity contribution in [1.29, 1.82) is 0 Å². The normalized spacial score (nSPS) is 27.1. The van der Waals surface area contributed by atoms with Crippen LogP contribution in [-0.4, -0.2) is 5.84 Å². The molecule has 0 unspecified atom stereocenters. The first-order chi connectivity index (χ1) is 12.2. The average Bonchev–Trinajstić information content (AvgIpc) is 2.64. The van der Waals surface area contributed by atoms with Crippen molar-refractivity contribution in [3.8, 4) is 0 Å². The molecule has 1 spiro atoms. The van der Waals surface area contributed by atoms with Gasteiger partial charge in [-0.25, -0.2) is 0 Å². The van der Waals surface area contributed by atoms with Gasteiger partial charge in [-0.05, 0) is 61.3 Å². The maximum absolute atomic E-state index is 6.33. The first kappa shape index (κ1) is 16.7. The molecule has 1 aliphatic heterocycles. The van der Waals surface area contributed by atoms with Crippen molar-refractivity contribution in [2.75, 3.05) is 5.32 Å². The molecule has 0 radical (unpaired) electrons. The molecule has 3 heteroatoms. The second kappa shape index (κ2) is 6.84. The Labute approximate surface area is 155 Å². The largest absolute Gasteiger partial charge is 0.343 e. The summed E-state index contributed by atoms with van der Waals surface area (Å²) in [5, 5.41) is 4.47. The molecule has 2 aromatic carbocycles. The molecule has 2 nitrogen and oxygen atoms in total. The van der Waals surface area contributed by atoms with E-state index in [9.17, 15) is 0 Å². The fraction of sp³-hybridized carbons (Fsp3) is 0.409. The van der Waals surface area contributed by atoms with Gasteiger partial charge in [0.1, 0.15) is 5.84 Å². The van der Waals surface area contributed by atoms with Crippen LogP contribution in [0.1, 0.15) is 43.7 Å². The molecule has 2 aliphatic rings. The highest BCUT2D eigenvalue weighted by atomic mass is 35.5. The number of amidine groups is 1. The predicted octanol–water partition coefficient (Wildman–Crippen LogP) is 6.10. The zero-order valence-corrected chi connectivity index (χ0v) is 15.5. The van der Waals surface area contributed by atoms with Crippen molar-refractivity contribution in [2.45, 2.75) is 45.6 Å². The SMILES string of the molecule is CC1CCC2(CC1)Cc1ccccc1NC2=NCc1ccccc1Cl. The Hall–Kier alpha value is -1.80. The van der Waals surface area contributed by atoms with E-state index >= 15 is 0 Å². The van der Waals surface area contributed by atoms with E-state index < -0.39 is 0 Å². The molecule has 4 rings (SSSR count). The van der Waals surface area contributed by atoms with Crippen LogP contribution in [0, 0.1) is 11.3 Å². The lowest BCUT2D eigenvalue weighted by Crippen LogP contribution is -2.44. The fourth-order valence-corrected chi connectivity index (χ4v) is 4.43. The molecule has 2 aromatic rings. The highest BCUT2D eigenvalue weighted by molar-refractivity contribution is 6.31. The molecular formula is C22H25ClN2. The van der Waals surface area contributed by atoms with Gasteiger partial charge in [0.15, 0.2) is 0 Å². The number of rotatable bonds is 2. The van der Waals surface area contributed by atoms with Crippen LogP contribution in [0.5, 0.6) is 0 Å². The van der Waals surface area contributed by atoms with Gasteiger partial charge >= 0.3 is 0 Å². The number of para-hydroxylation sites is 1. The van der Waals surface area contributed by atoms with Gasteiger partial charge in [0, 0.05) is 16.1 Å². The van der Waals surface area contributed by atoms with Crippen molar-refractivity contribution in [2.24, 2.45) is 16.3 Å². The Morgan fingerprint density at radius 1 is 1.08 bits per heavy atom. The molecule has 1 saturated carbocycles. The summed E-state index contributed by atoms with van der Waals surface area (Å²) in [4.78, 5) is 5.04. The van der Waals surface area contributed by atoms with Gasteiger partial charge in [0.25, 0.3) is 0 Å². The molecule has 0 bridgehead atoms. The van der Waals surface area contributed by atoms with Gasteiger partial charge in [-0.2, -0.15) is 0 Å². The summed E-state index contributed by atoms with van der Waals surface area (Å²) in [5.41, 5.74) is 3.90. The summed E-state index contributed by atoms with van der Waals surface area (Å²) >= 11 is 6.33. The second-order valence-electron chi connectivity index (χ2n) is 7.68. The topological polar surface area (TPSA) is 24.4 Å². The van der Waals surface area contributed by atoms with E-state index in [1.165, 1.54) is 36.9 Å². The summed E-state index contributed by atoms with van der Waals surface area (Å²) < 4.78 is 0. The molecule has 0 aromatic heterocycles. The molecule has 1 aliphatic carbocycles. The van der Waals surface area contributed by atoms with Crippen molar-refractivity contribution >= 4 is 23.1 Å². The van der Waals surface area contributed by atoms with Crippen molar-refractivity contribution < 1.29 is 0 Å². The van der Waals surface area contributed by atoms with E-state index in [1.54, 1.807) is 0 Å². The van der Waals surface area contributed by atoms with E-state index in [4.69, 9.17) is 16.6 Å². The van der Waals surface area contributed by atoms with Gasteiger partial charge < -0.3 is 5.32 Å². The molecular weight excluding hydrogens is 328 g/mol.